The molecule has 1 aliphatic heterocycles. The minimum absolute atomic E-state index is 0.0530. The average molecular weight is 441 g/mol. The molecule has 11 heteroatoms. The lowest BCUT2D eigenvalue weighted by molar-refractivity contribution is -0.135. The van der Waals surface area contributed by atoms with E-state index in [1.165, 1.54) is 16.2 Å². The van der Waals surface area contributed by atoms with Crippen LogP contribution < -0.4 is 10.9 Å². The summed E-state index contributed by atoms with van der Waals surface area (Å²) in [4.78, 5) is 47.2. The first-order valence-electron chi connectivity index (χ1n) is 9.35. The number of thiophene rings is 1. The fraction of sp³-hybridized carbons (Fsp3) is 0.556. The molecule has 1 saturated heterocycles. The molecule has 2 aromatic rings. The summed E-state index contributed by atoms with van der Waals surface area (Å²) in [6.45, 7) is 5.68. The zero-order valence-corrected chi connectivity index (χ0v) is 18.2. The van der Waals surface area contributed by atoms with Crippen LogP contribution in [0.1, 0.15) is 29.6 Å². The van der Waals surface area contributed by atoms with Gasteiger partial charge in [0.25, 0.3) is 5.56 Å². The van der Waals surface area contributed by atoms with Crippen LogP contribution in [0.25, 0.3) is 10.2 Å². The number of aromatic nitrogens is 2. The molecule has 0 saturated carbocycles. The highest BCUT2D eigenvalue weighted by Gasteiger charge is 2.28. The fourth-order valence-corrected chi connectivity index (χ4v) is 5.48. The van der Waals surface area contributed by atoms with Crippen molar-refractivity contribution in [2.75, 3.05) is 24.6 Å². The molecule has 1 aliphatic rings. The third kappa shape index (κ3) is 4.84. The SMILES string of the molecule is Cc1sc2nc(CCC(=O)NC(C)C(=O)N3CCS(=O)(=O)CC3)[nH]c(=O)c2c1C. The number of fused-ring (bicyclic) bond motifs is 1. The maximum absolute atomic E-state index is 12.4. The lowest BCUT2D eigenvalue weighted by atomic mass is 10.2. The average Bonchev–Trinajstić information content (AvgIpc) is 2.93. The Kier molecular flexibility index (Phi) is 6.08. The van der Waals surface area contributed by atoms with Gasteiger partial charge in [0.1, 0.15) is 16.7 Å². The number of sulfone groups is 1. The van der Waals surface area contributed by atoms with Crippen molar-refractivity contribution < 1.29 is 18.0 Å². The van der Waals surface area contributed by atoms with Gasteiger partial charge in [-0.15, -0.1) is 11.3 Å². The molecule has 3 heterocycles. The van der Waals surface area contributed by atoms with Gasteiger partial charge in [0, 0.05) is 30.8 Å². The van der Waals surface area contributed by atoms with Gasteiger partial charge < -0.3 is 15.2 Å². The van der Waals surface area contributed by atoms with Gasteiger partial charge in [-0.25, -0.2) is 13.4 Å². The van der Waals surface area contributed by atoms with Crippen molar-refractivity contribution in [1.82, 2.24) is 20.2 Å². The summed E-state index contributed by atoms with van der Waals surface area (Å²) in [5, 5.41) is 3.22. The van der Waals surface area contributed by atoms with E-state index in [0.29, 0.717) is 16.0 Å². The highest BCUT2D eigenvalue weighted by Crippen LogP contribution is 2.25. The van der Waals surface area contributed by atoms with Crippen LogP contribution in [0, 0.1) is 13.8 Å². The van der Waals surface area contributed by atoms with Crippen LogP contribution in [0.15, 0.2) is 4.79 Å². The molecule has 0 spiro atoms. The summed E-state index contributed by atoms with van der Waals surface area (Å²) in [5.41, 5.74) is 0.705. The second-order valence-electron chi connectivity index (χ2n) is 7.24. The monoisotopic (exact) mass is 440 g/mol. The Balaban J connectivity index is 1.56. The Morgan fingerprint density at radius 1 is 1.28 bits per heavy atom. The van der Waals surface area contributed by atoms with Gasteiger partial charge in [-0.1, -0.05) is 0 Å². The van der Waals surface area contributed by atoms with E-state index in [0.717, 1.165) is 10.4 Å². The third-order valence-corrected chi connectivity index (χ3v) is 7.79. The molecular formula is C18H24N4O5S2. The van der Waals surface area contributed by atoms with Gasteiger partial charge in [-0.05, 0) is 26.3 Å². The van der Waals surface area contributed by atoms with Gasteiger partial charge >= 0.3 is 0 Å². The topological polar surface area (TPSA) is 129 Å². The minimum atomic E-state index is -3.07. The number of nitrogens with zero attached hydrogens (tertiary/aromatic N) is 2. The predicted molar refractivity (Wildman–Crippen MR) is 111 cm³/mol. The second-order valence-corrected chi connectivity index (χ2v) is 10.7. The zero-order chi connectivity index (χ0) is 21.3. The lowest BCUT2D eigenvalue weighted by Gasteiger charge is -2.29. The fourth-order valence-electron chi connectivity index (χ4n) is 3.23. The van der Waals surface area contributed by atoms with Crippen molar-refractivity contribution in [2.45, 2.75) is 39.7 Å². The molecule has 1 atom stereocenters. The van der Waals surface area contributed by atoms with E-state index < -0.39 is 15.9 Å². The molecule has 0 aliphatic carbocycles. The van der Waals surface area contributed by atoms with Crippen molar-refractivity contribution in [3.8, 4) is 0 Å². The van der Waals surface area contributed by atoms with E-state index in [9.17, 15) is 22.8 Å². The van der Waals surface area contributed by atoms with E-state index in [1.54, 1.807) is 6.92 Å². The van der Waals surface area contributed by atoms with E-state index in [-0.39, 0.29) is 54.8 Å². The maximum Gasteiger partial charge on any atom is 0.259 e. The quantitative estimate of drug-likeness (QED) is 0.688. The number of hydrogen-bond acceptors (Lipinski definition) is 7. The normalized spacial score (nSPS) is 17.3. The lowest BCUT2D eigenvalue weighted by Crippen LogP contribution is -2.51. The smallest absolute Gasteiger partial charge is 0.259 e. The molecule has 2 aromatic heterocycles. The minimum Gasteiger partial charge on any atom is -0.345 e. The van der Waals surface area contributed by atoms with E-state index in [1.807, 2.05) is 13.8 Å². The van der Waals surface area contributed by atoms with Crippen molar-refractivity contribution >= 4 is 43.2 Å². The highest BCUT2D eigenvalue weighted by atomic mass is 32.2. The van der Waals surface area contributed by atoms with Crippen molar-refractivity contribution in [1.29, 1.82) is 0 Å². The van der Waals surface area contributed by atoms with Crippen molar-refractivity contribution in [2.24, 2.45) is 0 Å². The molecule has 1 fully saturated rings. The number of H-pyrrole nitrogens is 1. The predicted octanol–water partition coefficient (Wildman–Crippen LogP) is 0.296. The number of nitrogens with one attached hydrogen (secondary N) is 2. The van der Waals surface area contributed by atoms with E-state index >= 15 is 0 Å². The summed E-state index contributed by atoms with van der Waals surface area (Å²) in [5.74, 6) is -0.313. The molecule has 2 amide bonds. The number of hydrogen-bond donors (Lipinski definition) is 2. The van der Waals surface area contributed by atoms with E-state index in [2.05, 4.69) is 15.3 Å². The summed E-state index contributed by atoms with van der Waals surface area (Å²) in [7, 11) is -3.07. The number of aryl methyl sites for hydroxylation is 3. The zero-order valence-electron chi connectivity index (χ0n) is 16.6. The summed E-state index contributed by atoms with van der Waals surface area (Å²) in [6, 6.07) is -0.750. The van der Waals surface area contributed by atoms with Crippen molar-refractivity contribution in [3.05, 3.63) is 26.6 Å². The Labute approximate surface area is 172 Å². The Morgan fingerprint density at radius 3 is 2.59 bits per heavy atom. The molecule has 0 bridgehead atoms. The maximum atomic E-state index is 12.4. The first-order chi connectivity index (χ1) is 13.6. The molecule has 158 valence electrons. The summed E-state index contributed by atoms with van der Waals surface area (Å²) in [6.07, 6.45) is 0.319. The Bertz CT molecular complexity index is 1110. The van der Waals surface area contributed by atoms with Crippen LogP contribution in [0.3, 0.4) is 0 Å². The molecule has 0 aromatic carbocycles. The summed E-state index contributed by atoms with van der Waals surface area (Å²) < 4.78 is 22.9. The van der Waals surface area contributed by atoms with Gasteiger partial charge in [-0.3, -0.25) is 14.4 Å². The van der Waals surface area contributed by atoms with Gasteiger partial charge in [-0.2, -0.15) is 0 Å². The molecule has 1 unspecified atom stereocenters. The van der Waals surface area contributed by atoms with Gasteiger partial charge in [0.15, 0.2) is 9.84 Å². The molecule has 29 heavy (non-hydrogen) atoms. The standard InChI is InChI=1S/C18H24N4O5S2/c1-10-12(3)28-17-15(10)16(24)20-13(21-17)4-5-14(23)19-11(2)18(25)22-6-8-29(26,27)9-7-22/h11H,4-9H2,1-3H3,(H,19,23)(H,20,21,24). The van der Waals surface area contributed by atoms with Gasteiger partial charge in [0.05, 0.1) is 16.9 Å². The molecular weight excluding hydrogens is 416 g/mol. The van der Waals surface area contributed by atoms with Crippen LogP contribution in [-0.4, -0.2) is 65.7 Å². The van der Waals surface area contributed by atoms with Crippen molar-refractivity contribution in [3.63, 3.8) is 0 Å². The third-order valence-electron chi connectivity index (χ3n) is 5.08. The first-order valence-corrected chi connectivity index (χ1v) is 12.0. The van der Waals surface area contributed by atoms with Gasteiger partial charge in [0.2, 0.25) is 11.8 Å². The van der Waals surface area contributed by atoms with Crippen LogP contribution >= 0.6 is 11.3 Å². The van der Waals surface area contributed by atoms with E-state index in [4.69, 9.17) is 0 Å². The highest BCUT2D eigenvalue weighted by molar-refractivity contribution is 7.91. The van der Waals surface area contributed by atoms with Crippen LogP contribution in [0.5, 0.6) is 0 Å². The second kappa shape index (κ2) is 8.23. The Morgan fingerprint density at radius 2 is 1.93 bits per heavy atom. The molecule has 3 rings (SSSR count). The first kappa shape index (κ1) is 21.4. The molecule has 2 N–H and O–H groups in total. The number of aromatic amines is 1. The number of amides is 2. The number of carbonyl (C=O) groups excluding carboxylic acids is 2. The van der Waals surface area contributed by atoms with Crippen LogP contribution in [-0.2, 0) is 25.8 Å². The molecule has 9 nitrogen and oxygen atoms in total. The Hall–Kier alpha value is -2.27. The number of rotatable bonds is 5. The molecule has 0 radical (unpaired) electrons. The van der Waals surface area contributed by atoms with Crippen LogP contribution in [0.4, 0.5) is 0 Å². The largest absolute Gasteiger partial charge is 0.345 e. The summed E-state index contributed by atoms with van der Waals surface area (Å²) >= 11 is 1.45. The van der Waals surface area contributed by atoms with Crippen LogP contribution in [0.2, 0.25) is 0 Å². The number of carbonyl (C=O) groups is 2.